The molecule has 0 saturated heterocycles. The van der Waals surface area contributed by atoms with E-state index < -0.39 is 10.9 Å². The third kappa shape index (κ3) is 4.21. The number of nitro groups is 1. The zero-order chi connectivity index (χ0) is 15.2. The summed E-state index contributed by atoms with van der Waals surface area (Å²) in [6, 6.07) is 3.31. The average molecular weight is 311 g/mol. The summed E-state index contributed by atoms with van der Waals surface area (Å²) in [4.78, 5) is 28.8. The first kappa shape index (κ1) is 14.9. The van der Waals surface area contributed by atoms with Crippen LogP contribution in [0.15, 0.2) is 24.7 Å². The third-order valence-corrected chi connectivity index (χ3v) is 2.81. The molecule has 0 aliphatic rings. The zero-order valence-corrected chi connectivity index (χ0v) is 11.5. The molecule has 0 spiro atoms. The lowest BCUT2D eigenvalue weighted by molar-refractivity contribution is -0.394. The van der Waals surface area contributed by atoms with Crippen LogP contribution in [0.1, 0.15) is 12.8 Å². The number of nitrogens with one attached hydrogen (secondary N) is 1. The lowest BCUT2D eigenvalue weighted by atomic mass is 10.3. The van der Waals surface area contributed by atoms with Crippen molar-refractivity contribution in [2.45, 2.75) is 19.4 Å². The Labute approximate surface area is 124 Å². The Bertz CT molecular complexity index is 659. The molecule has 0 atom stereocenters. The Morgan fingerprint density at radius 2 is 2.29 bits per heavy atom. The summed E-state index contributed by atoms with van der Waals surface area (Å²) in [7, 11) is 0. The van der Waals surface area contributed by atoms with Crippen molar-refractivity contribution in [3.05, 3.63) is 39.9 Å². The molecule has 0 aliphatic carbocycles. The fourth-order valence-corrected chi connectivity index (χ4v) is 1.74. The molecule has 2 rings (SSSR count). The monoisotopic (exact) mass is 310 g/mol. The van der Waals surface area contributed by atoms with Gasteiger partial charge in [0.2, 0.25) is 12.2 Å². The summed E-state index contributed by atoms with van der Waals surface area (Å²) in [6.07, 6.45) is 3.47. The van der Waals surface area contributed by atoms with E-state index in [0.717, 1.165) is 0 Å². The van der Waals surface area contributed by atoms with Gasteiger partial charge in [0.05, 0.1) is 12.2 Å². The minimum absolute atomic E-state index is 0.220. The molecule has 2 heterocycles. The molecule has 10 heteroatoms. The summed E-state index contributed by atoms with van der Waals surface area (Å²) in [5.74, 6) is -0.680. The van der Waals surface area contributed by atoms with Crippen molar-refractivity contribution in [1.82, 2.24) is 19.7 Å². The van der Waals surface area contributed by atoms with E-state index in [0.29, 0.717) is 18.7 Å². The maximum Gasteiger partial charge on any atom is 0.490 e. The van der Waals surface area contributed by atoms with Crippen molar-refractivity contribution in [1.29, 1.82) is 0 Å². The second-order valence-corrected chi connectivity index (χ2v) is 4.42. The van der Waals surface area contributed by atoms with Crippen LogP contribution in [-0.2, 0) is 11.3 Å². The highest BCUT2D eigenvalue weighted by atomic mass is 35.5. The van der Waals surface area contributed by atoms with Crippen LogP contribution in [-0.4, -0.2) is 30.6 Å². The standard InChI is InChI=1S/C11H11ClN6O3/c12-10-8(3-1-5-13-10)15-9(19)4-2-6-17-7-14-11(16-17)18(20)21/h1,3,5,7H,2,4,6H2,(H,15,19). The van der Waals surface area contributed by atoms with E-state index in [1.165, 1.54) is 17.2 Å². The number of aryl methyl sites for hydroxylation is 1. The summed E-state index contributed by atoms with van der Waals surface area (Å²) >= 11 is 5.82. The highest BCUT2D eigenvalue weighted by Crippen LogP contribution is 2.17. The van der Waals surface area contributed by atoms with Gasteiger partial charge in [-0.3, -0.25) is 4.79 Å². The first-order chi connectivity index (χ1) is 10.1. The van der Waals surface area contributed by atoms with Crippen molar-refractivity contribution >= 4 is 29.1 Å². The van der Waals surface area contributed by atoms with Crippen LogP contribution in [0.4, 0.5) is 11.6 Å². The molecule has 1 N–H and O–H groups in total. The molecular weight excluding hydrogens is 300 g/mol. The fraction of sp³-hybridized carbons (Fsp3) is 0.273. The van der Waals surface area contributed by atoms with Gasteiger partial charge in [-0.2, -0.15) is 4.68 Å². The van der Waals surface area contributed by atoms with E-state index in [-0.39, 0.29) is 17.5 Å². The summed E-state index contributed by atoms with van der Waals surface area (Å²) in [5.41, 5.74) is 0.445. The van der Waals surface area contributed by atoms with Crippen molar-refractivity contribution in [2.75, 3.05) is 5.32 Å². The van der Waals surface area contributed by atoms with Gasteiger partial charge in [0, 0.05) is 17.7 Å². The van der Waals surface area contributed by atoms with Crippen LogP contribution >= 0.6 is 11.6 Å². The summed E-state index contributed by atoms with van der Waals surface area (Å²) in [5, 5.41) is 16.9. The van der Waals surface area contributed by atoms with E-state index in [1.807, 2.05) is 0 Å². The largest absolute Gasteiger partial charge is 0.490 e. The quantitative estimate of drug-likeness (QED) is 0.492. The van der Waals surface area contributed by atoms with Crippen LogP contribution in [0.25, 0.3) is 0 Å². The maximum atomic E-state index is 11.7. The number of hydrogen-bond acceptors (Lipinski definition) is 6. The first-order valence-electron chi connectivity index (χ1n) is 6.00. The number of hydrogen-bond donors (Lipinski definition) is 1. The molecule has 2 aromatic rings. The number of pyridine rings is 1. The fourth-order valence-electron chi connectivity index (χ4n) is 1.57. The first-order valence-corrected chi connectivity index (χ1v) is 6.38. The van der Waals surface area contributed by atoms with E-state index in [1.54, 1.807) is 12.1 Å². The number of halogens is 1. The molecule has 21 heavy (non-hydrogen) atoms. The van der Waals surface area contributed by atoms with Gasteiger partial charge in [0.15, 0.2) is 5.15 Å². The van der Waals surface area contributed by atoms with Gasteiger partial charge in [0.25, 0.3) is 0 Å². The van der Waals surface area contributed by atoms with Crippen LogP contribution in [0.3, 0.4) is 0 Å². The SMILES string of the molecule is O=C(CCCn1cnc([N+](=O)[O-])n1)Nc1cccnc1Cl. The minimum atomic E-state index is -0.673. The van der Waals surface area contributed by atoms with Crippen LogP contribution < -0.4 is 5.32 Å². The number of carbonyl (C=O) groups is 1. The second-order valence-electron chi connectivity index (χ2n) is 4.06. The van der Waals surface area contributed by atoms with Gasteiger partial charge in [0.1, 0.15) is 0 Å². The van der Waals surface area contributed by atoms with Gasteiger partial charge in [-0.25, -0.2) is 4.98 Å². The molecule has 0 saturated carbocycles. The molecule has 0 aliphatic heterocycles. The average Bonchev–Trinajstić information content (AvgIpc) is 2.90. The van der Waals surface area contributed by atoms with E-state index in [9.17, 15) is 14.9 Å². The molecule has 0 bridgehead atoms. The van der Waals surface area contributed by atoms with E-state index in [4.69, 9.17) is 11.6 Å². The normalized spacial score (nSPS) is 10.3. The number of amides is 1. The van der Waals surface area contributed by atoms with Crippen LogP contribution in [0.2, 0.25) is 5.15 Å². The number of carbonyl (C=O) groups excluding carboxylic acids is 1. The molecule has 1 amide bonds. The lowest BCUT2D eigenvalue weighted by Gasteiger charge is -2.05. The van der Waals surface area contributed by atoms with Gasteiger partial charge in [-0.15, -0.1) is 0 Å². The minimum Gasteiger partial charge on any atom is -0.390 e. The summed E-state index contributed by atoms with van der Waals surface area (Å²) < 4.78 is 1.32. The van der Waals surface area contributed by atoms with E-state index >= 15 is 0 Å². The Morgan fingerprint density at radius 3 is 2.95 bits per heavy atom. The van der Waals surface area contributed by atoms with Gasteiger partial charge in [-0.1, -0.05) is 16.6 Å². The third-order valence-electron chi connectivity index (χ3n) is 2.51. The van der Waals surface area contributed by atoms with Gasteiger partial charge in [-0.05, 0) is 23.5 Å². The van der Waals surface area contributed by atoms with E-state index in [2.05, 4.69) is 20.4 Å². The zero-order valence-electron chi connectivity index (χ0n) is 10.8. The summed E-state index contributed by atoms with van der Waals surface area (Å²) in [6.45, 7) is 0.356. The number of rotatable bonds is 6. The molecule has 0 radical (unpaired) electrons. The molecule has 0 unspecified atom stereocenters. The van der Waals surface area contributed by atoms with Crippen molar-refractivity contribution in [3.8, 4) is 0 Å². The van der Waals surface area contributed by atoms with Gasteiger partial charge < -0.3 is 15.4 Å². The number of anilines is 1. The van der Waals surface area contributed by atoms with Crippen molar-refractivity contribution < 1.29 is 9.72 Å². The second kappa shape index (κ2) is 6.75. The predicted molar refractivity (Wildman–Crippen MR) is 73.8 cm³/mol. The molecule has 2 aromatic heterocycles. The van der Waals surface area contributed by atoms with Crippen LogP contribution in [0, 0.1) is 10.1 Å². The molecular formula is C11H11ClN6O3. The van der Waals surface area contributed by atoms with Crippen molar-refractivity contribution in [3.63, 3.8) is 0 Å². The Hall–Kier alpha value is -2.55. The topological polar surface area (TPSA) is 116 Å². The molecule has 9 nitrogen and oxygen atoms in total. The van der Waals surface area contributed by atoms with Gasteiger partial charge >= 0.3 is 5.95 Å². The Balaban J connectivity index is 1.79. The van der Waals surface area contributed by atoms with Crippen molar-refractivity contribution in [2.24, 2.45) is 0 Å². The molecule has 0 fully saturated rings. The highest BCUT2D eigenvalue weighted by molar-refractivity contribution is 6.32. The number of nitrogens with zero attached hydrogens (tertiary/aromatic N) is 5. The number of aromatic nitrogens is 4. The smallest absolute Gasteiger partial charge is 0.390 e. The molecule has 0 aromatic carbocycles. The van der Waals surface area contributed by atoms with Crippen LogP contribution in [0.5, 0.6) is 0 Å². The lowest BCUT2D eigenvalue weighted by Crippen LogP contribution is -2.13. The molecule has 110 valence electrons. The highest BCUT2D eigenvalue weighted by Gasteiger charge is 2.13. The predicted octanol–water partition coefficient (Wildman–Crippen LogP) is 1.65. The Morgan fingerprint density at radius 1 is 1.48 bits per heavy atom. The maximum absolute atomic E-state index is 11.7. The Kier molecular flexibility index (Phi) is 4.77.